The summed E-state index contributed by atoms with van der Waals surface area (Å²) in [5.74, 6) is 2.60. The lowest BCUT2D eigenvalue weighted by Crippen LogP contribution is -2.37. The molecule has 0 atom stereocenters. The molecular weight excluding hydrogens is 429 g/mol. The van der Waals surface area contributed by atoms with Crippen molar-refractivity contribution in [2.45, 2.75) is 46.1 Å². The van der Waals surface area contributed by atoms with E-state index in [4.69, 9.17) is 4.52 Å². The molecule has 0 aliphatic heterocycles. The Morgan fingerprint density at radius 1 is 1.20 bits per heavy atom. The first-order valence-corrected chi connectivity index (χ1v) is 8.57. The number of hydrogen-bond donors (Lipinski definition) is 2. The smallest absolute Gasteiger partial charge is 0.226 e. The number of aliphatic imine (C=N–C) groups is 1. The summed E-state index contributed by atoms with van der Waals surface area (Å²) in [6.45, 7) is 8.48. The molecule has 0 bridgehead atoms. The standard InChI is InChI=1S/C18H27N5O.HI/c1-4-19-18(21-13-15-9-6-5-7-10-15)20-12-8-11-16-22-17(14(2)3)23-24-16;/h5-7,9-10,14H,4,8,11-13H2,1-3H3,(H2,19,20,21);1H. The topological polar surface area (TPSA) is 75.3 Å². The lowest BCUT2D eigenvalue weighted by Gasteiger charge is -2.10. The number of rotatable bonds is 8. The predicted molar refractivity (Wildman–Crippen MR) is 111 cm³/mol. The lowest BCUT2D eigenvalue weighted by atomic mass is 10.2. The second kappa shape index (κ2) is 11.8. The first-order valence-electron chi connectivity index (χ1n) is 8.57. The van der Waals surface area contributed by atoms with Crippen molar-refractivity contribution in [1.82, 2.24) is 20.8 Å². The van der Waals surface area contributed by atoms with Crippen LogP contribution >= 0.6 is 24.0 Å². The minimum atomic E-state index is 0. The number of aryl methyl sites for hydroxylation is 1. The Kier molecular flexibility index (Phi) is 10.1. The van der Waals surface area contributed by atoms with E-state index in [9.17, 15) is 0 Å². The molecule has 2 rings (SSSR count). The number of aromatic nitrogens is 2. The van der Waals surface area contributed by atoms with Crippen LogP contribution in [0, 0.1) is 0 Å². The fourth-order valence-electron chi connectivity index (χ4n) is 2.15. The predicted octanol–water partition coefficient (Wildman–Crippen LogP) is 3.50. The second-order valence-corrected chi connectivity index (χ2v) is 5.91. The third kappa shape index (κ3) is 7.85. The number of hydrogen-bond acceptors (Lipinski definition) is 4. The number of halogens is 1. The van der Waals surface area contributed by atoms with Crippen LogP contribution in [0.3, 0.4) is 0 Å². The molecule has 0 spiro atoms. The number of nitrogens with zero attached hydrogens (tertiary/aromatic N) is 3. The number of benzene rings is 1. The van der Waals surface area contributed by atoms with Gasteiger partial charge in [0.25, 0.3) is 0 Å². The fourth-order valence-corrected chi connectivity index (χ4v) is 2.15. The van der Waals surface area contributed by atoms with Gasteiger partial charge in [0.15, 0.2) is 11.8 Å². The van der Waals surface area contributed by atoms with E-state index >= 15 is 0 Å². The van der Waals surface area contributed by atoms with Crippen LogP contribution in [0.1, 0.15) is 50.4 Å². The Labute approximate surface area is 166 Å². The Bertz CT molecular complexity index is 627. The Balaban J connectivity index is 0.00000312. The Hall–Kier alpha value is -1.64. The molecule has 6 nitrogen and oxygen atoms in total. The minimum Gasteiger partial charge on any atom is -0.357 e. The normalized spacial score (nSPS) is 11.3. The maximum atomic E-state index is 5.25. The molecule has 0 saturated carbocycles. The van der Waals surface area contributed by atoms with Gasteiger partial charge in [-0.15, -0.1) is 24.0 Å². The van der Waals surface area contributed by atoms with Gasteiger partial charge in [-0.05, 0) is 18.9 Å². The highest BCUT2D eigenvalue weighted by Gasteiger charge is 2.09. The van der Waals surface area contributed by atoms with Crippen molar-refractivity contribution in [1.29, 1.82) is 0 Å². The van der Waals surface area contributed by atoms with Crippen LogP contribution in [0.15, 0.2) is 39.8 Å². The van der Waals surface area contributed by atoms with Crippen LogP contribution in [-0.4, -0.2) is 29.2 Å². The molecule has 25 heavy (non-hydrogen) atoms. The van der Waals surface area contributed by atoms with Gasteiger partial charge >= 0.3 is 0 Å². The van der Waals surface area contributed by atoms with E-state index in [0.29, 0.717) is 18.4 Å². The van der Waals surface area contributed by atoms with Crippen molar-refractivity contribution < 1.29 is 4.52 Å². The van der Waals surface area contributed by atoms with Crippen molar-refractivity contribution in [2.24, 2.45) is 4.99 Å². The summed E-state index contributed by atoms with van der Waals surface area (Å²) < 4.78 is 5.25. The van der Waals surface area contributed by atoms with Crippen LogP contribution in [0.2, 0.25) is 0 Å². The number of nitrogens with one attached hydrogen (secondary N) is 2. The first kappa shape index (κ1) is 21.4. The Morgan fingerprint density at radius 3 is 2.60 bits per heavy atom. The molecule has 0 aliphatic rings. The van der Waals surface area contributed by atoms with Crippen LogP contribution in [0.4, 0.5) is 0 Å². The summed E-state index contributed by atoms with van der Waals surface area (Å²) in [7, 11) is 0. The largest absolute Gasteiger partial charge is 0.357 e. The van der Waals surface area contributed by atoms with Crippen molar-refractivity contribution >= 4 is 29.9 Å². The third-order valence-corrected chi connectivity index (χ3v) is 3.47. The molecule has 0 saturated heterocycles. The van der Waals surface area contributed by atoms with E-state index in [-0.39, 0.29) is 24.0 Å². The molecule has 1 aromatic heterocycles. The van der Waals surface area contributed by atoms with Crippen LogP contribution < -0.4 is 10.6 Å². The maximum Gasteiger partial charge on any atom is 0.226 e. The van der Waals surface area contributed by atoms with Gasteiger partial charge in [0, 0.05) is 25.4 Å². The fraction of sp³-hybridized carbons (Fsp3) is 0.500. The molecule has 7 heteroatoms. The highest BCUT2D eigenvalue weighted by molar-refractivity contribution is 14.0. The summed E-state index contributed by atoms with van der Waals surface area (Å²) >= 11 is 0. The summed E-state index contributed by atoms with van der Waals surface area (Å²) in [6.07, 6.45) is 1.68. The van der Waals surface area contributed by atoms with Gasteiger partial charge in [0.05, 0.1) is 6.54 Å². The maximum absolute atomic E-state index is 5.25. The molecule has 1 heterocycles. The van der Waals surface area contributed by atoms with Gasteiger partial charge in [-0.25, -0.2) is 4.99 Å². The van der Waals surface area contributed by atoms with Crippen molar-refractivity contribution in [2.75, 3.05) is 13.1 Å². The molecule has 0 unspecified atom stereocenters. The van der Waals surface area contributed by atoms with Crippen LogP contribution in [-0.2, 0) is 13.0 Å². The second-order valence-electron chi connectivity index (χ2n) is 5.91. The monoisotopic (exact) mass is 457 g/mol. The van der Waals surface area contributed by atoms with Gasteiger partial charge in [0.1, 0.15) is 0 Å². The van der Waals surface area contributed by atoms with Crippen molar-refractivity contribution in [3.05, 3.63) is 47.6 Å². The molecule has 0 aliphatic carbocycles. The molecule has 1 aromatic carbocycles. The van der Waals surface area contributed by atoms with E-state index in [1.165, 1.54) is 5.56 Å². The van der Waals surface area contributed by atoms with Gasteiger partial charge < -0.3 is 15.2 Å². The van der Waals surface area contributed by atoms with E-state index in [0.717, 1.165) is 37.7 Å². The highest BCUT2D eigenvalue weighted by atomic mass is 127. The van der Waals surface area contributed by atoms with Gasteiger partial charge in [-0.2, -0.15) is 4.98 Å². The SMILES string of the molecule is CCNC(=NCc1ccccc1)NCCCc1nc(C(C)C)no1.I. The van der Waals surface area contributed by atoms with Crippen LogP contribution in [0.5, 0.6) is 0 Å². The molecule has 2 aromatic rings. The molecule has 0 amide bonds. The molecule has 2 N–H and O–H groups in total. The first-order chi connectivity index (χ1) is 11.7. The average molecular weight is 457 g/mol. The van der Waals surface area contributed by atoms with Crippen LogP contribution in [0.25, 0.3) is 0 Å². The zero-order valence-corrected chi connectivity index (χ0v) is 17.5. The summed E-state index contributed by atoms with van der Waals surface area (Å²) in [4.78, 5) is 8.99. The van der Waals surface area contributed by atoms with Crippen molar-refractivity contribution in [3.63, 3.8) is 0 Å². The molecular formula is C18H28IN5O. The highest BCUT2D eigenvalue weighted by Crippen LogP contribution is 2.10. The van der Waals surface area contributed by atoms with Gasteiger partial charge in [-0.1, -0.05) is 49.3 Å². The lowest BCUT2D eigenvalue weighted by molar-refractivity contribution is 0.368. The zero-order valence-electron chi connectivity index (χ0n) is 15.2. The summed E-state index contributed by atoms with van der Waals surface area (Å²) in [5.41, 5.74) is 1.20. The third-order valence-electron chi connectivity index (χ3n) is 3.47. The molecule has 0 fully saturated rings. The van der Waals surface area contributed by atoms with E-state index in [1.807, 2.05) is 18.2 Å². The van der Waals surface area contributed by atoms with E-state index in [1.54, 1.807) is 0 Å². The summed E-state index contributed by atoms with van der Waals surface area (Å²) in [5, 5.41) is 10.6. The minimum absolute atomic E-state index is 0. The Morgan fingerprint density at radius 2 is 1.96 bits per heavy atom. The quantitative estimate of drug-likeness (QED) is 0.275. The van der Waals surface area contributed by atoms with E-state index in [2.05, 4.69) is 58.7 Å². The van der Waals surface area contributed by atoms with Crippen molar-refractivity contribution in [3.8, 4) is 0 Å². The number of guanidine groups is 1. The van der Waals surface area contributed by atoms with Gasteiger partial charge in [-0.3, -0.25) is 0 Å². The van der Waals surface area contributed by atoms with Gasteiger partial charge in [0.2, 0.25) is 5.89 Å². The molecule has 138 valence electrons. The summed E-state index contributed by atoms with van der Waals surface area (Å²) in [6, 6.07) is 10.2. The zero-order chi connectivity index (χ0) is 17.2. The van der Waals surface area contributed by atoms with E-state index < -0.39 is 0 Å². The average Bonchev–Trinajstić information content (AvgIpc) is 3.06. The molecule has 0 radical (unpaired) electrons.